The molecule has 1 N–H and O–H groups in total. The van der Waals surface area contributed by atoms with Crippen LogP contribution in [0.15, 0.2) is 22.9 Å². The molecule has 1 rings (SSSR count). The Kier molecular flexibility index (Phi) is 3.27. The highest BCUT2D eigenvalue weighted by Crippen LogP contribution is 2.15. The van der Waals surface area contributed by atoms with Gasteiger partial charge in [-0.15, -0.1) is 0 Å². The number of nitrogens with zero attached hydrogens (tertiary/aromatic N) is 1. The standard InChI is InChI=1S/C9H13BrN2O/c1-9(2,3)12-13-8-4-7(10)5-11-6-8/h4-6,12H,1-3H3. The van der Waals surface area contributed by atoms with E-state index in [0.29, 0.717) is 5.75 Å². The van der Waals surface area contributed by atoms with Gasteiger partial charge in [-0.2, -0.15) is 5.48 Å². The van der Waals surface area contributed by atoms with E-state index in [-0.39, 0.29) is 5.54 Å². The Morgan fingerprint density at radius 2 is 2.08 bits per heavy atom. The van der Waals surface area contributed by atoms with E-state index < -0.39 is 0 Å². The fourth-order valence-electron chi connectivity index (χ4n) is 0.660. The van der Waals surface area contributed by atoms with E-state index in [1.54, 1.807) is 12.4 Å². The van der Waals surface area contributed by atoms with Gasteiger partial charge in [0.25, 0.3) is 0 Å². The van der Waals surface area contributed by atoms with Crippen molar-refractivity contribution in [3.8, 4) is 5.75 Å². The van der Waals surface area contributed by atoms with Gasteiger partial charge in [0.2, 0.25) is 0 Å². The maximum Gasteiger partial charge on any atom is 0.166 e. The maximum absolute atomic E-state index is 5.31. The fourth-order valence-corrected chi connectivity index (χ4v) is 1.00. The number of hydrogen-bond acceptors (Lipinski definition) is 3. The summed E-state index contributed by atoms with van der Waals surface area (Å²) in [5.41, 5.74) is 2.84. The van der Waals surface area contributed by atoms with E-state index in [1.165, 1.54) is 0 Å². The Morgan fingerprint density at radius 3 is 2.62 bits per heavy atom. The van der Waals surface area contributed by atoms with Crippen molar-refractivity contribution >= 4 is 15.9 Å². The molecule has 0 unspecified atom stereocenters. The van der Waals surface area contributed by atoms with Crippen molar-refractivity contribution in [3.05, 3.63) is 22.9 Å². The molecular weight excluding hydrogens is 232 g/mol. The van der Waals surface area contributed by atoms with Crippen molar-refractivity contribution in [1.82, 2.24) is 10.5 Å². The molecule has 13 heavy (non-hydrogen) atoms. The minimum atomic E-state index is -0.0671. The lowest BCUT2D eigenvalue weighted by Crippen LogP contribution is -2.38. The number of rotatable bonds is 2. The molecule has 0 atom stereocenters. The van der Waals surface area contributed by atoms with E-state index in [1.807, 2.05) is 26.8 Å². The van der Waals surface area contributed by atoms with Crippen LogP contribution in [0.5, 0.6) is 5.75 Å². The summed E-state index contributed by atoms with van der Waals surface area (Å²) in [6.07, 6.45) is 3.37. The summed E-state index contributed by atoms with van der Waals surface area (Å²) in [4.78, 5) is 9.28. The average molecular weight is 245 g/mol. The van der Waals surface area contributed by atoms with E-state index >= 15 is 0 Å². The third-order valence-electron chi connectivity index (χ3n) is 1.15. The highest BCUT2D eigenvalue weighted by molar-refractivity contribution is 9.10. The number of halogens is 1. The molecule has 0 aliphatic carbocycles. The smallest absolute Gasteiger partial charge is 0.166 e. The molecule has 1 aromatic rings. The molecule has 0 fully saturated rings. The normalized spacial score (nSPS) is 11.4. The molecule has 0 saturated carbocycles. The molecule has 1 heterocycles. The van der Waals surface area contributed by atoms with Crippen LogP contribution in [0.2, 0.25) is 0 Å². The minimum Gasteiger partial charge on any atom is -0.407 e. The molecule has 72 valence electrons. The van der Waals surface area contributed by atoms with Crippen molar-refractivity contribution in [3.63, 3.8) is 0 Å². The second-order valence-electron chi connectivity index (χ2n) is 3.79. The average Bonchev–Trinajstić information content (AvgIpc) is 2.00. The zero-order valence-corrected chi connectivity index (χ0v) is 9.55. The van der Waals surface area contributed by atoms with Gasteiger partial charge in [-0.05, 0) is 36.7 Å². The molecule has 0 radical (unpaired) electrons. The summed E-state index contributed by atoms with van der Waals surface area (Å²) in [5.74, 6) is 0.698. The molecule has 0 aliphatic heterocycles. The molecule has 0 aromatic carbocycles. The van der Waals surface area contributed by atoms with Crippen LogP contribution in [0.4, 0.5) is 0 Å². The Labute approximate surface area is 86.6 Å². The van der Waals surface area contributed by atoms with Crippen LogP contribution >= 0.6 is 15.9 Å². The van der Waals surface area contributed by atoms with Gasteiger partial charge >= 0.3 is 0 Å². The SMILES string of the molecule is CC(C)(C)NOc1cncc(Br)c1. The lowest BCUT2D eigenvalue weighted by molar-refractivity contribution is 0.119. The maximum atomic E-state index is 5.31. The molecule has 4 heteroatoms. The zero-order chi connectivity index (χ0) is 9.90. The molecule has 0 spiro atoms. The Bertz CT molecular complexity index is 283. The van der Waals surface area contributed by atoms with Crippen LogP contribution in [0.1, 0.15) is 20.8 Å². The van der Waals surface area contributed by atoms with Crippen molar-refractivity contribution in [2.24, 2.45) is 0 Å². The first kappa shape index (κ1) is 10.5. The lowest BCUT2D eigenvalue weighted by atomic mass is 10.1. The molecule has 0 amide bonds. The van der Waals surface area contributed by atoms with Gasteiger partial charge in [-0.3, -0.25) is 4.98 Å². The molecule has 0 aliphatic rings. The number of nitrogens with one attached hydrogen (secondary N) is 1. The van der Waals surface area contributed by atoms with E-state index in [2.05, 4.69) is 26.4 Å². The summed E-state index contributed by atoms with van der Waals surface area (Å²) >= 11 is 3.31. The highest BCUT2D eigenvalue weighted by Gasteiger charge is 2.09. The molecule has 0 saturated heterocycles. The fraction of sp³-hybridized carbons (Fsp3) is 0.444. The number of hydroxylamine groups is 1. The zero-order valence-electron chi connectivity index (χ0n) is 7.97. The van der Waals surface area contributed by atoms with Gasteiger partial charge in [0.1, 0.15) is 0 Å². The van der Waals surface area contributed by atoms with Crippen LogP contribution in [0.3, 0.4) is 0 Å². The highest BCUT2D eigenvalue weighted by atomic mass is 79.9. The quantitative estimate of drug-likeness (QED) is 0.813. The van der Waals surface area contributed by atoms with Gasteiger partial charge in [0, 0.05) is 22.3 Å². The first-order valence-electron chi connectivity index (χ1n) is 4.02. The lowest BCUT2D eigenvalue weighted by Gasteiger charge is -2.20. The summed E-state index contributed by atoms with van der Waals surface area (Å²) in [6, 6.07) is 1.85. The topological polar surface area (TPSA) is 34.1 Å². The van der Waals surface area contributed by atoms with Crippen LogP contribution in [0.25, 0.3) is 0 Å². The third-order valence-corrected chi connectivity index (χ3v) is 1.59. The monoisotopic (exact) mass is 244 g/mol. The van der Waals surface area contributed by atoms with Gasteiger partial charge in [-0.25, -0.2) is 0 Å². The minimum absolute atomic E-state index is 0.0671. The van der Waals surface area contributed by atoms with Gasteiger partial charge in [-0.1, -0.05) is 0 Å². The second-order valence-corrected chi connectivity index (χ2v) is 4.71. The predicted molar refractivity (Wildman–Crippen MR) is 55.5 cm³/mol. The predicted octanol–water partition coefficient (Wildman–Crippen LogP) is 2.53. The van der Waals surface area contributed by atoms with E-state index in [0.717, 1.165) is 4.47 Å². The van der Waals surface area contributed by atoms with E-state index in [4.69, 9.17) is 4.84 Å². The van der Waals surface area contributed by atoms with Gasteiger partial charge in [0.15, 0.2) is 5.75 Å². The number of pyridine rings is 1. The first-order chi connectivity index (χ1) is 5.97. The Morgan fingerprint density at radius 1 is 1.38 bits per heavy atom. The molecule has 1 aromatic heterocycles. The Hall–Kier alpha value is -0.610. The van der Waals surface area contributed by atoms with Crippen LogP contribution in [-0.2, 0) is 0 Å². The van der Waals surface area contributed by atoms with Gasteiger partial charge < -0.3 is 4.84 Å². The first-order valence-corrected chi connectivity index (χ1v) is 4.81. The number of hydrogen-bond donors (Lipinski definition) is 1. The van der Waals surface area contributed by atoms with Gasteiger partial charge in [0.05, 0.1) is 6.20 Å². The van der Waals surface area contributed by atoms with Crippen LogP contribution in [0, 0.1) is 0 Å². The summed E-state index contributed by atoms with van der Waals surface area (Å²) in [5, 5.41) is 0. The van der Waals surface area contributed by atoms with Crippen molar-refractivity contribution in [2.75, 3.05) is 0 Å². The van der Waals surface area contributed by atoms with Crippen molar-refractivity contribution in [2.45, 2.75) is 26.3 Å². The van der Waals surface area contributed by atoms with Crippen LogP contribution in [-0.4, -0.2) is 10.5 Å². The molecule has 3 nitrogen and oxygen atoms in total. The summed E-state index contributed by atoms with van der Waals surface area (Å²) in [6.45, 7) is 6.08. The number of aromatic nitrogens is 1. The summed E-state index contributed by atoms with van der Waals surface area (Å²) < 4.78 is 0.903. The van der Waals surface area contributed by atoms with Crippen molar-refractivity contribution < 1.29 is 4.84 Å². The largest absolute Gasteiger partial charge is 0.407 e. The molecular formula is C9H13BrN2O. The Balaban J connectivity index is 2.55. The van der Waals surface area contributed by atoms with Crippen LogP contribution < -0.4 is 10.3 Å². The van der Waals surface area contributed by atoms with Crippen molar-refractivity contribution in [1.29, 1.82) is 0 Å². The third kappa shape index (κ3) is 4.24. The summed E-state index contributed by atoms with van der Waals surface area (Å²) in [7, 11) is 0. The molecule has 0 bridgehead atoms. The second kappa shape index (κ2) is 4.07. The van der Waals surface area contributed by atoms with E-state index in [9.17, 15) is 0 Å².